The van der Waals surface area contributed by atoms with E-state index in [-0.39, 0.29) is 5.11 Å². The third-order valence-electron chi connectivity index (χ3n) is 6.92. The molecule has 0 spiro atoms. The van der Waals surface area contributed by atoms with Crippen LogP contribution >= 0.6 is 12.2 Å². The van der Waals surface area contributed by atoms with Gasteiger partial charge in [-0.2, -0.15) is 10.2 Å². The van der Waals surface area contributed by atoms with Crippen LogP contribution in [0.4, 0.5) is 0 Å². The lowest BCUT2D eigenvalue weighted by atomic mass is 9.77. The van der Waals surface area contributed by atoms with Crippen molar-refractivity contribution in [2.24, 2.45) is 10.8 Å². The summed E-state index contributed by atoms with van der Waals surface area (Å²) in [5.41, 5.74) is 14.2. The largest absolute Gasteiger partial charge is 0.375 e. The van der Waals surface area contributed by atoms with E-state index in [1.54, 1.807) is 6.21 Å². The number of nitrogens with one attached hydrogen (secondary N) is 1. The Morgan fingerprint density at radius 3 is 1.93 bits per heavy atom. The van der Waals surface area contributed by atoms with Crippen LogP contribution in [-0.2, 0) is 5.54 Å². The Morgan fingerprint density at radius 2 is 1.35 bits per heavy atom. The van der Waals surface area contributed by atoms with Crippen molar-refractivity contribution in [2.75, 3.05) is 0 Å². The first-order valence-electron chi connectivity index (χ1n) is 12.9. The number of nitrogens with zero attached hydrogens (tertiary/aromatic N) is 4. The molecule has 3 N–H and O–H groups in total. The van der Waals surface area contributed by atoms with E-state index in [1.165, 1.54) is 0 Å². The van der Waals surface area contributed by atoms with Gasteiger partial charge in [0.05, 0.1) is 23.6 Å². The highest BCUT2D eigenvalue weighted by Crippen LogP contribution is 2.41. The second kappa shape index (κ2) is 10.9. The van der Waals surface area contributed by atoms with E-state index in [9.17, 15) is 0 Å². The first-order chi connectivity index (χ1) is 19.7. The average Bonchev–Trinajstić information content (AvgIpc) is 3.50. The lowest BCUT2D eigenvalue weighted by Crippen LogP contribution is -2.38. The van der Waals surface area contributed by atoms with Crippen LogP contribution < -0.4 is 11.2 Å². The molecule has 0 radical (unpaired) electrons. The summed E-state index contributed by atoms with van der Waals surface area (Å²) in [4.78, 5) is 4.98. The molecule has 0 aliphatic rings. The number of fused-ring (bicyclic) bond motifs is 1. The first kappa shape index (κ1) is 25.2. The highest BCUT2D eigenvalue weighted by atomic mass is 32.1. The molecule has 0 bridgehead atoms. The van der Waals surface area contributed by atoms with Gasteiger partial charge in [-0.05, 0) is 41.0 Å². The monoisotopic (exact) mass is 538 g/mol. The SMILES string of the molecule is NC(=S)N/N=C/c1cc(-c2cnn(C(c3ccccc3)(c3ccccc3)c3ccccc3)c2)nc2ccccc12. The van der Waals surface area contributed by atoms with Crippen molar-refractivity contribution in [3.05, 3.63) is 156 Å². The molecule has 0 fully saturated rings. The summed E-state index contributed by atoms with van der Waals surface area (Å²) in [6, 6.07) is 41.4. The lowest BCUT2D eigenvalue weighted by Gasteiger charge is -2.36. The molecule has 6 aromatic rings. The van der Waals surface area contributed by atoms with Crippen molar-refractivity contribution in [1.29, 1.82) is 0 Å². The average molecular weight is 539 g/mol. The van der Waals surface area contributed by atoms with Crippen molar-refractivity contribution in [3.8, 4) is 11.3 Å². The van der Waals surface area contributed by atoms with Gasteiger partial charge in [0.25, 0.3) is 0 Å². The highest BCUT2D eigenvalue weighted by Gasteiger charge is 2.39. The molecular formula is C33H26N6S. The van der Waals surface area contributed by atoms with E-state index in [2.05, 4.69) is 89.5 Å². The van der Waals surface area contributed by atoms with Gasteiger partial charge < -0.3 is 5.73 Å². The van der Waals surface area contributed by atoms with Crippen LogP contribution in [0.2, 0.25) is 0 Å². The molecule has 40 heavy (non-hydrogen) atoms. The first-order valence-corrected chi connectivity index (χ1v) is 13.3. The van der Waals surface area contributed by atoms with Gasteiger partial charge in [-0.25, -0.2) is 4.98 Å². The van der Waals surface area contributed by atoms with Crippen LogP contribution in [-0.4, -0.2) is 26.1 Å². The smallest absolute Gasteiger partial charge is 0.184 e. The second-order valence-electron chi connectivity index (χ2n) is 9.33. The minimum absolute atomic E-state index is 0.107. The zero-order valence-corrected chi connectivity index (χ0v) is 22.4. The summed E-state index contributed by atoms with van der Waals surface area (Å²) in [6.45, 7) is 0. The number of benzene rings is 4. The molecule has 0 amide bonds. The third kappa shape index (κ3) is 4.63. The van der Waals surface area contributed by atoms with Crippen molar-refractivity contribution < 1.29 is 0 Å². The summed E-state index contributed by atoms with van der Waals surface area (Å²) in [6.07, 6.45) is 5.65. The number of hydrogen-bond donors (Lipinski definition) is 2. The van der Waals surface area contributed by atoms with Crippen molar-refractivity contribution in [3.63, 3.8) is 0 Å². The van der Waals surface area contributed by atoms with Crippen LogP contribution in [0.1, 0.15) is 22.3 Å². The molecule has 194 valence electrons. The summed E-state index contributed by atoms with van der Waals surface area (Å²) in [7, 11) is 0. The fourth-order valence-corrected chi connectivity index (χ4v) is 5.25. The fraction of sp³-hybridized carbons (Fsp3) is 0.0303. The standard InChI is InChI=1S/C33H26N6S/c34-32(40)38-35-21-24-20-31(37-30-19-11-10-18-29(24)30)25-22-36-39(23-25)33(26-12-4-1-5-13-26,27-14-6-2-7-15-27)28-16-8-3-9-17-28/h1-23H,(H3,34,38,40)/b35-21+. The molecule has 0 saturated heterocycles. The Bertz CT molecular complexity index is 1700. The molecule has 6 rings (SSSR count). The van der Waals surface area contributed by atoms with E-state index in [0.29, 0.717) is 0 Å². The number of aromatic nitrogens is 3. The molecule has 0 unspecified atom stereocenters. The molecule has 4 aromatic carbocycles. The molecule has 0 aliphatic carbocycles. The van der Waals surface area contributed by atoms with Gasteiger partial charge in [0.1, 0.15) is 5.54 Å². The normalized spacial score (nSPS) is 11.6. The van der Waals surface area contributed by atoms with E-state index in [0.717, 1.165) is 44.4 Å². The van der Waals surface area contributed by atoms with Crippen LogP contribution in [0.5, 0.6) is 0 Å². The van der Waals surface area contributed by atoms with Crippen LogP contribution in [0.25, 0.3) is 22.2 Å². The summed E-state index contributed by atoms with van der Waals surface area (Å²) in [5.74, 6) is 0. The van der Waals surface area contributed by atoms with E-state index >= 15 is 0 Å². The highest BCUT2D eigenvalue weighted by molar-refractivity contribution is 7.80. The Kier molecular flexibility index (Phi) is 6.87. The molecule has 0 aliphatic heterocycles. The molecule has 2 heterocycles. The van der Waals surface area contributed by atoms with Crippen LogP contribution in [0.15, 0.2) is 139 Å². The Hall–Kier alpha value is -5.14. The number of pyridine rings is 1. The second-order valence-corrected chi connectivity index (χ2v) is 9.77. The third-order valence-corrected chi connectivity index (χ3v) is 7.01. The maximum atomic E-state index is 5.56. The van der Waals surface area contributed by atoms with Gasteiger partial charge in [0, 0.05) is 22.7 Å². The zero-order chi connectivity index (χ0) is 27.4. The van der Waals surface area contributed by atoms with Gasteiger partial charge in [-0.1, -0.05) is 109 Å². The number of rotatable bonds is 7. The number of para-hydroxylation sites is 1. The van der Waals surface area contributed by atoms with Crippen molar-refractivity contribution in [1.82, 2.24) is 20.2 Å². The van der Waals surface area contributed by atoms with Crippen molar-refractivity contribution in [2.45, 2.75) is 5.54 Å². The predicted octanol–water partition coefficient (Wildman–Crippen LogP) is 6.11. The number of thiocarbonyl (C=S) groups is 1. The topological polar surface area (TPSA) is 81.1 Å². The van der Waals surface area contributed by atoms with Gasteiger partial charge in [-0.15, -0.1) is 0 Å². The van der Waals surface area contributed by atoms with E-state index in [4.69, 9.17) is 28.0 Å². The van der Waals surface area contributed by atoms with E-state index < -0.39 is 5.54 Å². The fourth-order valence-electron chi connectivity index (χ4n) is 5.20. The minimum atomic E-state index is -0.704. The maximum Gasteiger partial charge on any atom is 0.184 e. The van der Waals surface area contributed by atoms with Gasteiger partial charge in [0.2, 0.25) is 0 Å². The molecule has 7 heteroatoms. The molecule has 6 nitrogen and oxygen atoms in total. The predicted molar refractivity (Wildman–Crippen MR) is 165 cm³/mol. The summed E-state index contributed by atoms with van der Waals surface area (Å²) < 4.78 is 2.04. The molecule has 0 atom stereocenters. The Labute approximate surface area is 237 Å². The molecule has 0 saturated carbocycles. The molecule has 2 aromatic heterocycles. The molecular weight excluding hydrogens is 512 g/mol. The Morgan fingerprint density at radius 1 is 0.800 bits per heavy atom. The van der Waals surface area contributed by atoms with Crippen LogP contribution in [0.3, 0.4) is 0 Å². The summed E-state index contributed by atoms with van der Waals surface area (Å²) >= 11 is 4.90. The van der Waals surface area contributed by atoms with Crippen LogP contribution in [0, 0.1) is 0 Å². The summed E-state index contributed by atoms with van der Waals surface area (Å²) in [5, 5.41) is 10.3. The maximum absolute atomic E-state index is 5.56. The number of nitrogens with two attached hydrogens (primary N) is 1. The quantitative estimate of drug-likeness (QED) is 0.111. The Balaban J connectivity index is 1.56. The zero-order valence-electron chi connectivity index (χ0n) is 21.6. The van der Waals surface area contributed by atoms with E-state index in [1.807, 2.05) is 59.4 Å². The van der Waals surface area contributed by atoms with Gasteiger partial charge >= 0.3 is 0 Å². The minimum Gasteiger partial charge on any atom is -0.375 e. The van der Waals surface area contributed by atoms with Gasteiger partial charge in [0.15, 0.2) is 5.11 Å². The number of hydrogen-bond acceptors (Lipinski definition) is 4. The lowest BCUT2D eigenvalue weighted by molar-refractivity contribution is 0.460. The van der Waals surface area contributed by atoms with Crippen molar-refractivity contribution >= 4 is 34.4 Å². The van der Waals surface area contributed by atoms with Gasteiger partial charge in [-0.3, -0.25) is 10.1 Å². The number of hydrazone groups is 1.